The number of nitro benzene ring substituents is 1. The Bertz CT molecular complexity index is 966. The molecule has 26 heavy (non-hydrogen) atoms. The van der Waals surface area contributed by atoms with Gasteiger partial charge in [0.05, 0.1) is 16.7 Å². The van der Waals surface area contributed by atoms with Crippen LogP contribution in [0.15, 0.2) is 47.1 Å². The van der Waals surface area contributed by atoms with Gasteiger partial charge in [0.2, 0.25) is 0 Å². The van der Waals surface area contributed by atoms with Crippen LogP contribution in [0.1, 0.15) is 35.3 Å². The van der Waals surface area contributed by atoms with E-state index in [9.17, 15) is 14.9 Å². The van der Waals surface area contributed by atoms with Crippen LogP contribution >= 0.6 is 0 Å². The second-order valence-corrected chi connectivity index (χ2v) is 6.57. The molecule has 7 heteroatoms. The quantitative estimate of drug-likeness (QED) is 0.527. The van der Waals surface area contributed by atoms with Crippen LogP contribution < -0.4 is 0 Å². The van der Waals surface area contributed by atoms with E-state index in [4.69, 9.17) is 4.42 Å². The van der Waals surface area contributed by atoms with Gasteiger partial charge in [-0.3, -0.25) is 14.9 Å². The monoisotopic (exact) mass is 353 g/mol. The molecule has 1 aliphatic rings. The third-order valence-corrected chi connectivity index (χ3v) is 4.85. The van der Waals surface area contributed by atoms with Crippen molar-refractivity contribution < 1.29 is 14.1 Å². The maximum Gasteiger partial charge on any atom is 0.270 e. The first-order valence-corrected chi connectivity index (χ1v) is 8.73. The van der Waals surface area contributed by atoms with Crippen molar-refractivity contribution in [3.8, 4) is 0 Å². The second kappa shape index (κ2) is 6.67. The van der Waals surface area contributed by atoms with Crippen LogP contribution in [0.2, 0.25) is 0 Å². The number of furan rings is 1. The molecule has 1 amide bonds. The molecule has 1 fully saturated rings. The van der Waals surface area contributed by atoms with Gasteiger partial charge in [0, 0.05) is 43.9 Å². The Morgan fingerprint density at radius 1 is 1.15 bits per heavy atom. The number of piperidine rings is 1. The molecule has 3 aromatic rings. The summed E-state index contributed by atoms with van der Waals surface area (Å²) in [7, 11) is 0. The summed E-state index contributed by atoms with van der Waals surface area (Å²) in [5.41, 5.74) is 2.84. The van der Waals surface area contributed by atoms with Crippen molar-refractivity contribution in [2.45, 2.75) is 25.8 Å². The second-order valence-electron chi connectivity index (χ2n) is 6.57. The van der Waals surface area contributed by atoms with Gasteiger partial charge in [-0.2, -0.15) is 0 Å². The number of aromatic nitrogens is 1. The van der Waals surface area contributed by atoms with Crippen molar-refractivity contribution in [2.24, 2.45) is 0 Å². The SMILES string of the molecule is O=C(c1cc2occc2n1Cc1cccc([N+](=O)[O-])c1)N1CCCCC1. The van der Waals surface area contributed by atoms with Crippen LogP contribution in [0.4, 0.5) is 5.69 Å². The predicted molar refractivity (Wildman–Crippen MR) is 96.2 cm³/mol. The molecule has 7 nitrogen and oxygen atoms in total. The third kappa shape index (κ3) is 2.96. The first-order valence-electron chi connectivity index (χ1n) is 8.73. The van der Waals surface area contributed by atoms with E-state index in [1.54, 1.807) is 24.5 Å². The zero-order chi connectivity index (χ0) is 18.1. The number of amides is 1. The fraction of sp³-hybridized carbons (Fsp3) is 0.316. The number of carbonyl (C=O) groups excluding carboxylic acids is 1. The molecule has 0 N–H and O–H groups in total. The molecule has 134 valence electrons. The fourth-order valence-electron chi connectivity index (χ4n) is 3.53. The van der Waals surface area contributed by atoms with Crippen LogP contribution in [-0.2, 0) is 6.54 Å². The smallest absolute Gasteiger partial charge is 0.270 e. The highest BCUT2D eigenvalue weighted by molar-refractivity contribution is 5.97. The molecule has 0 bridgehead atoms. The Balaban J connectivity index is 1.71. The predicted octanol–water partition coefficient (Wildman–Crippen LogP) is 3.82. The summed E-state index contributed by atoms with van der Waals surface area (Å²) in [4.78, 5) is 25.5. The lowest BCUT2D eigenvalue weighted by molar-refractivity contribution is -0.384. The summed E-state index contributed by atoms with van der Waals surface area (Å²) >= 11 is 0. The number of likely N-dealkylation sites (tertiary alicyclic amines) is 1. The minimum absolute atomic E-state index is 0.0125. The molecule has 0 radical (unpaired) electrons. The Hall–Kier alpha value is -3.09. The summed E-state index contributed by atoms with van der Waals surface area (Å²) in [5, 5.41) is 11.0. The molecule has 3 heterocycles. The van der Waals surface area contributed by atoms with Crippen LogP contribution in [-0.4, -0.2) is 33.4 Å². The van der Waals surface area contributed by atoms with Gasteiger partial charge >= 0.3 is 0 Å². The molecule has 0 aliphatic carbocycles. The maximum atomic E-state index is 13.0. The first-order chi connectivity index (χ1) is 12.6. The zero-order valence-corrected chi connectivity index (χ0v) is 14.3. The van der Waals surface area contributed by atoms with Crippen LogP contribution in [0, 0.1) is 10.1 Å². The summed E-state index contributed by atoms with van der Waals surface area (Å²) in [5.74, 6) is -0.0125. The van der Waals surface area contributed by atoms with E-state index in [2.05, 4.69) is 0 Å². The topological polar surface area (TPSA) is 81.5 Å². The van der Waals surface area contributed by atoms with E-state index in [0.29, 0.717) is 17.8 Å². The zero-order valence-electron chi connectivity index (χ0n) is 14.3. The number of hydrogen-bond acceptors (Lipinski definition) is 4. The summed E-state index contributed by atoms with van der Waals surface area (Å²) in [6, 6.07) is 10.1. The normalized spacial score (nSPS) is 14.7. The number of rotatable bonds is 4. The van der Waals surface area contributed by atoms with Crippen molar-refractivity contribution >= 4 is 22.7 Å². The number of non-ortho nitro benzene ring substituents is 1. The first kappa shape index (κ1) is 16.4. The average molecular weight is 353 g/mol. The number of fused-ring (bicyclic) bond motifs is 1. The van der Waals surface area contributed by atoms with Crippen molar-refractivity contribution in [2.75, 3.05) is 13.1 Å². The Labute approximate surface area is 150 Å². The van der Waals surface area contributed by atoms with E-state index in [1.165, 1.54) is 6.07 Å². The molecule has 1 aliphatic heterocycles. The molecule has 0 unspecified atom stereocenters. The van der Waals surface area contributed by atoms with Crippen molar-refractivity contribution in [3.05, 3.63) is 64.0 Å². The van der Waals surface area contributed by atoms with E-state index >= 15 is 0 Å². The van der Waals surface area contributed by atoms with Crippen molar-refractivity contribution in [3.63, 3.8) is 0 Å². The van der Waals surface area contributed by atoms with Gasteiger partial charge in [-0.25, -0.2) is 0 Å². The minimum Gasteiger partial charge on any atom is -0.463 e. The van der Waals surface area contributed by atoms with Crippen molar-refractivity contribution in [1.29, 1.82) is 0 Å². The molecule has 0 spiro atoms. The molecular weight excluding hydrogens is 334 g/mol. The van der Waals surface area contributed by atoms with Crippen LogP contribution in [0.3, 0.4) is 0 Å². The highest BCUT2D eigenvalue weighted by atomic mass is 16.6. The maximum absolute atomic E-state index is 13.0. The lowest BCUT2D eigenvalue weighted by Crippen LogP contribution is -2.36. The lowest BCUT2D eigenvalue weighted by Gasteiger charge is -2.27. The average Bonchev–Trinajstić information content (AvgIpc) is 3.25. The van der Waals surface area contributed by atoms with Gasteiger partial charge in [0.25, 0.3) is 11.6 Å². The van der Waals surface area contributed by atoms with E-state index < -0.39 is 4.92 Å². The molecule has 2 aromatic heterocycles. The van der Waals surface area contributed by atoms with E-state index in [1.807, 2.05) is 21.6 Å². The van der Waals surface area contributed by atoms with Crippen LogP contribution in [0.5, 0.6) is 0 Å². The highest BCUT2D eigenvalue weighted by Crippen LogP contribution is 2.25. The number of carbonyl (C=O) groups is 1. The summed E-state index contributed by atoms with van der Waals surface area (Å²) in [6.45, 7) is 1.91. The van der Waals surface area contributed by atoms with Crippen molar-refractivity contribution in [1.82, 2.24) is 9.47 Å². The minimum atomic E-state index is -0.410. The largest absolute Gasteiger partial charge is 0.463 e. The van der Waals surface area contributed by atoms with Gasteiger partial charge in [-0.05, 0) is 24.8 Å². The highest BCUT2D eigenvalue weighted by Gasteiger charge is 2.24. The Morgan fingerprint density at radius 2 is 1.96 bits per heavy atom. The molecule has 4 rings (SSSR count). The number of nitrogens with zero attached hydrogens (tertiary/aromatic N) is 3. The summed E-state index contributed by atoms with van der Waals surface area (Å²) in [6.07, 6.45) is 4.78. The third-order valence-electron chi connectivity index (χ3n) is 4.85. The van der Waals surface area contributed by atoms with Gasteiger partial charge < -0.3 is 13.9 Å². The van der Waals surface area contributed by atoms with E-state index in [-0.39, 0.29) is 11.6 Å². The van der Waals surface area contributed by atoms with Gasteiger partial charge in [-0.15, -0.1) is 0 Å². The number of hydrogen-bond donors (Lipinski definition) is 0. The van der Waals surface area contributed by atoms with Gasteiger partial charge in [-0.1, -0.05) is 12.1 Å². The van der Waals surface area contributed by atoms with Gasteiger partial charge in [0.15, 0.2) is 5.58 Å². The number of nitro groups is 1. The fourth-order valence-corrected chi connectivity index (χ4v) is 3.53. The van der Waals surface area contributed by atoms with E-state index in [0.717, 1.165) is 43.4 Å². The standard InChI is InChI=1S/C19H19N3O4/c23-19(20-8-2-1-3-9-20)17-12-18-16(7-10-26-18)21(17)13-14-5-4-6-15(11-14)22(24)25/h4-7,10-12H,1-3,8-9,13H2. The number of benzene rings is 1. The van der Waals surface area contributed by atoms with Crippen LogP contribution in [0.25, 0.3) is 11.1 Å². The molecule has 0 saturated carbocycles. The molecule has 1 saturated heterocycles. The Kier molecular flexibility index (Phi) is 4.20. The Morgan fingerprint density at radius 3 is 2.73 bits per heavy atom. The molecular formula is C19H19N3O4. The summed E-state index contributed by atoms with van der Waals surface area (Å²) < 4.78 is 7.36. The molecule has 0 atom stereocenters. The molecule has 1 aromatic carbocycles. The lowest BCUT2D eigenvalue weighted by atomic mass is 10.1. The van der Waals surface area contributed by atoms with Gasteiger partial charge in [0.1, 0.15) is 5.69 Å².